The lowest BCUT2D eigenvalue weighted by Gasteiger charge is -2.22. The average Bonchev–Trinajstić information content (AvgIpc) is 3.01. The van der Waals surface area contributed by atoms with Crippen molar-refractivity contribution in [2.75, 3.05) is 26.3 Å². The van der Waals surface area contributed by atoms with Gasteiger partial charge in [-0.25, -0.2) is 0 Å². The highest BCUT2D eigenvalue weighted by Crippen LogP contribution is 2.42. The number of hydrogen-bond donors (Lipinski definition) is 1. The van der Waals surface area contributed by atoms with Crippen molar-refractivity contribution in [1.82, 2.24) is 14.7 Å². The second kappa shape index (κ2) is 4.31. The van der Waals surface area contributed by atoms with Gasteiger partial charge >= 0.3 is 5.97 Å². The number of aromatic nitrogens is 2. The Bertz CT molecular complexity index is 563. The Balaban J connectivity index is 1.88. The van der Waals surface area contributed by atoms with Crippen LogP contribution in [-0.2, 0) is 16.6 Å². The van der Waals surface area contributed by atoms with Gasteiger partial charge in [-0.15, -0.1) is 0 Å². The van der Waals surface area contributed by atoms with E-state index >= 15 is 0 Å². The predicted octanol–water partition coefficient (Wildman–Crippen LogP) is -0.0983. The Hall–Kier alpha value is -1.89. The number of carboxylic acid groups (broad SMARTS) is 1. The first-order valence-electron chi connectivity index (χ1n) is 6.55. The molecule has 0 bridgehead atoms. The number of nitrogens with zero attached hydrogens (tertiary/aromatic N) is 3. The summed E-state index contributed by atoms with van der Waals surface area (Å²) in [6.45, 7) is 3.04. The number of likely N-dealkylation sites (tertiary alicyclic amines) is 1. The summed E-state index contributed by atoms with van der Waals surface area (Å²) >= 11 is 0. The van der Waals surface area contributed by atoms with Gasteiger partial charge in [-0.3, -0.25) is 14.3 Å². The molecular formula is C13H17N3O4. The molecule has 7 nitrogen and oxygen atoms in total. The van der Waals surface area contributed by atoms with Crippen molar-refractivity contribution < 1.29 is 19.4 Å². The molecule has 0 saturated carbocycles. The number of ether oxygens (including phenoxy) is 1. The lowest BCUT2D eigenvalue weighted by Crippen LogP contribution is -2.40. The van der Waals surface area contributed by atoms with Gasteiger partial charge in [0.25, 0.3) is 5.91 Å². The molecule has 2 saturated heterocycles. The van der Waals surface area contributed by atoms with E-state index in [-0.39, 0.29) is 25.0 Å². The Labute approximate surface area is 116 Å². The number of amides is 1. The molecule has 3 rings (SSSR count). The molecule has 0 spiro atoms. The van der Waals surface area contributed by atoms with Crippen LogP contribution in [0.2, 0.25) is 0 Å². The zero-order valence-corrected chi connectivity index (χ0v) is 11.5. The van der Waals surface area contributed by atoms with Crippen LogP contribution in [0.25, 0.3) is 0 Å². The van der Waals surface area contributed by atoms with Crippen molar-refractivity contribution in [3.05, 3.63) is 17.5 Å². The second-order valence-electron chi connectivity index (χ2n) is 5.66. The molecule has 2 aliphatic heterocycles. The van der Waals surface area contributed by atoms with E-state index in [0.717, 1.165) is 5.56 Å². The molecule has 7 heteroatoms. The van der Waals surface area contributed by atoms with Crippen LogP contribution in [0.5, 0.6) is 0 Å². The molecule has 0 unspecified atom stereocenters. The number of aryl methyl sites for hydroxylation is 2. The van der Waals surface area contributed by atoms with E-state index in [0.29, 0.717) is 18.8 Å². The van der Waals surface area contributed by atoms with E-state index in [2.05, 4.69) is 5.10 Å². The number of rotatable bonds is 2. The quantitative estimate of drug-likeness (QED) is 0.817. The third-order valence-electron chi connectivity index (χ3n) is 4.41. The largest absolute Gasteiger partial charge is 0.481 e. The van der Waals surface area contributed by atoms with Crippen molar-refractivity contribution >= 4 is 11.9 Å². The predicted molar refractivity (Wildman–Crippen MR) is 68.2 cm³/mol. The van der Waals surface area contributed by atoms with Crippen LogP contribution in [0.1, 0.15) is 16.1 Å². The highest BCUT2D eigenvalue weighted by molar-refractivity contribution is 5.95. The van der Waals surface area contributed by atoms with E-state index in [1.54, 1.807) is 18.1 Å². The van der Waals surface area contributed by atoms with Gasteiger partial charge in [0.1, 0.15) is 11.1 Å². The normalized spacial score (nSPS) is 28.7. The Kier molecular flexibility index (Phi) is 2.82. The SMILES string of the molecule is Cc1cnn(C)c1C(=O)N1C[C@@H]2COC[C@]2(C(=O)O)C1. The molecule has 1 aromatic rings. The maximum Gasteiger partial charge on any atom is 0.314 e. The van der Waals surface area contributed by atoms with E-state index in [4.69, 9.17) is 4.74 Å². The maximum atomic E-state index is 12.6. The summed E-state index contributed by atoms with van der Waals surface area (Å²) in [7, 11) is 1.72. The van der Waals surface area contributed by atoms with Gasteiger partial charge in [-0.2, -0.15) is 5.10 Å². The maximum absolute atomic E-state index is 12.6. The van der Waals surface area contributed by atoms with E-state index < -0.39 is 11.4 Å². The second-order valence-corrected chi connectivity index (χ2v) is 5.66. The number of carboxylic acids is 1. The third-order valence-corrected chi connectivity index (χ3v) is 4.41. The van der Waals surface area contributed by atoms with Crippen molar-refractivity contribution in [1.29, 1.82) is 0 Å². The molecule has 2 fully saturated rings. The molecule has 0 radical (unpaired) electrons. The number of carbonyl (C=O) groups excluding carboxylic acids is 1. The monoisotopic (exact) mass is 279 g/mol. The number of fused-ring (bicyclic) bond motifs is 1. The molecule has 2 aliphatic rings. The van der Waals surface area contributed by atoms with Gasteiger partial charge in [0.15, 0.2) is 0 Å². The third kappa shape index (κ3) is 1.66. The first-order chi connectivity index (χ1) is 9.45. The molecule has 20 heavy (non-hydrogen) atoms. The molecule has 0 aromatic carbocycles. The fraction of sp³-hybridized carbons (Fsp3) is 0.615. The fourth-order valence-electron chi connectivity index (χ4n) is 3.20. The van der Waals surface area contributed by atoms with E-state index in [9.17, 15) is 14.7 Å². The molecule has 3 heterocycles. The topological polar surface area (TPSA) is 84.7 Å². The van der Waals surface area contributed by atoms with Crippen molar-refractivity contribution in [3.8, 4) is 0 Å². The average molecular weight is 279 g/mol. The summed E-state index contributed by atoms with van der Waals surface area (Å²) in [5, 5.41) is 13.5. The van der Waals surface area contributed by atoms with Crippen LogP contribution in [0.15, 0.2) is 6.20 Å². The Morgan fingerprint density at radius 3 is 2.85 bits per heavy atom. The van der Waals surface area contributed by atoms with Crippen molar-refractivity contribution in [2.24, 2.45) is 18.4 Å². The zero-order chi connectivity index (χ0) is 14.5. The minimum atomic E-state index is -0.942. The highest BCUT2D eigenvalue weighted by atomic mass is 16.5. The summed E-state index contributed by atoms with van der Waals surface area (Å²) in [6.07, 6.45) is 1.64. The van der Waals surface area contributed by atoms with Crippen molar-refractivity contribution in [3.63, 3.8) is 0 Å². The van der Waals surface area contributed by atoms with E-state index in [1.165, 1.54) is 4.68 Å². The standard InChI is InChI=1S/C13H17N3O4/c1-8-3-14-15(2)10(8)11(17)16-4-9-5-20-7-13(9,6-16)12(18)19/h3,9H,4-7H2,1-2H3,(H,18,19)/t9-,13-/m1/s1. The van der Waals surface area contributed by atoms with Crippen LogP contribution in [-0.4, -0.2) is 58.0 Å². The minimum absolute atomic E-state index is 0.127. The first-order valence-corrected chi connectivity index (χ1v) is 6.55. The number of hydrogen-bond acceptors (Lipinski definition) is 4. The molecule has 1 amide bonds. The molecule has 0 aliphatic carbocycles. The summed E-state index contributed by atoms with van der Waals surface area (Å²) in [5.74, 6) is -1.16. The van der Waals surface area contributed by atoms with Crippen LogP contribution in [0.4, 0.5) is 0 Å². The summed E-state index contributed by atoms with van der Waals surface area (Å²) in [6, 6.07) is 0. The van der Waals surface area contributed by atoms with E-state index in [1.807, 2.05) is 6.92 Å². The van der Waals surface area contributed by atoms with Gasteiger partial charge in [0, 0.05) is 26.1 Å². The zero-order valence-electron chi connectivity index (χ0n) is 11.5. The van der Waals surface area contributed by atoms with Gasteiger partial charge in [0.05, 0.1) is 19.4 Å². The summed E-state index contributed by atoms with van der Waals surface area (Å²) in [4.78, 5) is 25.8. The molecule has 1 aromatic heterocycles. The number of aliphatic carboxylic acids is 1. The van der Waals surface area contributed by atoms with Gasteiger partial charge in [0.2, 0.25) is 0 Å². The van der Waals surface area contributed by atoms with Gasteiger partial charge < -0.3 is 14.7 Å². The Morgan fingerprint density at radius 1 is 1.55 bits per heavy atom. The Morgan fingerprint density at radius 2 is 2.30 bits per heavy atom. The minimum Gasteiger partial charge on any atom is -0.481 e. The highest BCUT2D eigenvalue weighted by Gasteiger charge is 2.57. The van der Waals surface area contributed by atoms with Crippen molar-refractivity contribution in [2.45, 2.75) is 6.92 Å². The lowest BCUT2D eigenvalue weighted by molar-refractivity contribution is -0.149. The van der Waals surface area contributed by atoms with Crippen LogP contribution >= 0.6 is 0 Å². The van der Waals surface area contributed by atoms with Crippen LogP contribution in [0.3, 0.4) is 0 Å². The first kappa shape index (κ1) is 13.1. The molecular weight excluding hydrogens is 262 g/mol. The van der Waals surface area contributed by atoms with Crippen LogP contribution < -0.4 is 0 Å². The molecule has 2 atom stereocenters. The molecule has 1 N–H and O–H groups in total. The van der Waals surface area contributed by atoms with Crippen LogP contribution in [0, 0.1) is 18.3 Å². The summed E-state index contributed by atoms with van der Waals surface area (Å²) < 4.78 is 6.84. The summed E-state index contributed by atoms with van der Waals surface area (Å²) in [5.41, 5.74) is 0.379. The smallest absolute Gasteiger partial charge is 0.314 e. The fourth-order valence-corrected chi connectivity index (χ4v) is 3.20. The number of carbonyl (C=O) groups is 2. The molecule has 108 valence electrons. The van der Waals surface area contributed by atoms with Gasteiger partial charge in [-0.1, -0.05) is 0 Å². The van der Waals surface area contributed by atoms with Gasteiger partial charge in [-0.05, 0) is 12.5 Å². The lowest BCUT2D eigenvalue weighted by atomic mass is 9.81.